The molecule has 5 aromatic rings. The highest BCUT2D eigenvalue weighted by atomic mass is 79.9. The summed E-state index contributed by atoms with van der Waals surface area (Å²) in [4.78, 5) is 33.0. The molecule has 0 amide bonds. The standard InChI is InChI=1S/C34H29BrClN3O4S/c1-19(2)43-33(41)30-20(3)37-34-39(31(30)26-16-23(35)11-14-28(26)42-4)32(40)29(44-34)15-22-18-38(27-8-6-5-7-25(22)27)17-21-9-12-24(36)13-10-21/h5-16,18-19,31H,17H2,1-4H3/b29-15-/t31-/m0/s1. The van der Waals surface area contributed by atoms with E-state index in [0.717, 1.165) is 26.5 Å². The second-order valence-corrected chi connectivity index (χ2v) is 13.1. The van der Waals surface area contributed by atoms with Crippen LogP contribution >= 0.6 is 38.9 Å². The number of rotatable bonds is 7. The molecule has 224 valence electrons. The van der Waals surface area contributed by atoms with Crippen molar-refractivity contribution in [2.24, 2.45) is 4.99 Å². The van der Waals surface area contributed by atoms with Crippen LogP contribution in [0.4, 0.5) is 0 Å². The molecule has 2 aromatic heterocycles. The summed E-state index contributed by atoms with van der Waals surface area (Å²) in [6.07, 6.45) is 3.62. The molecule has 1 aliphatic rings. The molecule has 0 bridgehead atoms. The van der Waals surface area contributed by atoms with Crippen LogP contribution in [0.2, 0.25) is 5.02 Å². The van der Waals surface area contributed by atoms with Crippen molar-refractivity contribution in [3.8, 4) is 5.75 Å². The van der Waals surface area contributed by atoms with Crippen molar-refractivity contribution in [3.05, 3.63) is 130 Å². The zero-order valence-corrected chi connectivity index (χ0v) is 27.7. The van der Waals surface area contributed by atoms with Gasteiger partial charge in [-0.2, -0.15) is 0 Å². The van der Waals surface area contributed by atoms with Gasteiger partial charge in [0.2, 0.25) is 0 Å². The first kappa shape index (κ1) is 30.1. The molecular formula is C34H29BrClN3O4S. The van der Waals surface area contributed by atoms with Crippen LogP contribution in [0, 0.1) is 0 Å². The summed E-state index contributed by atoms with van der Waals surface area (Å²) in [5, 5.41) is 1.71. The highest BCUT2D eigenvalue weighted by Crippen LogP contribution is 2.37. The lowest BCUT2D eigenvalue weighted by atomic mass is 9.95. The topological polar surface area (TPSA) is 74.8 Å². The maximum Gasteiger partial charge on any atom is 0.338 e. The molecule has 10 heteroatoms. The molecule has 0 saturated carbocycles. The summed E-state index contributed by atoms with van der Waals surface area (Å²) in [5.74, 6) is 0.0235. The van der Waals surface area contributed by atoms with Crippen LogP contribution in [-0.2, 0) is 16.1 Å². The van der Waals surface area contributed by atoms with Gasteiger partial charge in [-0.15, -0.1) is 0 Å². The molecule has 7 nitrogen and oxygen atoms in total. The molecule has 44 heavy (non-hydrogen) atoms. The molecule has 0 N–H and O–H groups in total. The van der Waals surface area contributed by atoms with Gasteiger partial charge in [-0.05, 0) is 68.8 Å². The smallest absolute Gasteiger partial charge is 0.338 e. The number of ether oxygens (including phenoxy) is 2. The van der Waals surface area contributed by atoms with Gasteiger partial charge in [0.05, 0.1) is 29.0 Å². The van der Waals surface area contributed by atoms with Gasteiger partial charge in [0.1, 0.15) is 11.8 Å². The van der Waals surface area contributed by atoms with E-state index in [0.29, 0.717) is 43.5 Å². The van der Waals surface area contributed by atoms with E-state index in [9.17, 15) is 9.59 Å². The number of thiazole rings is 1. The lowest BCUT2D eigenvalue weighted by Gasteiger charge is -2.26. The number of fused-ring (bicyclic) bond motifs is 2. The Hall–Kier alpha value is -3.92. The molecule has 1 atom stereocenters. The summed E-state index contributed by atoms with van der Waals surface area (Å²) in [7, 11) is 1.57. The van der Waals surface area contributed by atoms with Crippen LogP contribution in [0.25, 0.3) is 17.0 Å². The molecule has 0 aliphatic carbocycles. The minimum Gasteiger partial charge on any atom is -0.496 e. The van der Waals surface area contributed by atoms with E-state index in [4.69, 9.17) is 26.1 Å². The van der Waals surface area contributed by atoms with Crippen molar-refractivity contribution in [1.82, 2.24) is 9.13 Å². The second kappa shape index (κ2) is 12.2. The number of allylic oxidation sites excluding steroid dienone is 1. The molecule has 0 fully saturated rings. The normalized spacial score (nSPS) is 15.1. The molecule has 0 radical (unpaired) electrons. The number of methoxy groups -OCH3 is 1. The number of aromatic nitrogens is 2. The molecule has 0 unspecified atom stereocenters. The van der Waals surface area contributed by atoms with Gasteiger partial charge in [0.15, 0.2) is 4.80 Å². The van der Waals surface area contributed by atoms with Crippen molar-refractivity contribution in [2.45, 2.75) is 39.5 Å². The van der Waals surface area contributed by atoms with E-state index in [1.165, 1.54) is 11.3 Å². The van der Waals surface area contributed by atoms with Gasteiger partial charge >= 0.3 is 5.97 Å². The number of halogens is 2. The van der Waals surface area contributed by atoms with Gasteiger partial charge < -0.3 is 14.0 Å². The zero-order chi connectivity index (χ0) is 31.1. The van der Waals surface area contributed by atoms with Gasteiger partial charge in [-0.1, -0.05) is 69.2 Å². The molecule has 6 rings (SSSR count). The van der Waals surface area contributed by atoms with E-state index in [-0.39, 0.29) is 11.7 Å². The number of esters is 1. The van der Waals surface area contributed by atoms with Gasteiger partial charge in [0.25, 0.3) is 5.56 Å². The minimum atomic E-state index is -0.793. The molecule has 0 saturated heterocycles. The van der Waals surface area contributed by atoms with E-state index in [2.05, 4.69) is 38.8 Å². The van der Waals surface area contributed by atoms with Gasteiger partial charge in [0, 0.05) is 44.3 Å². The fraction of sp³-hybridized carbons (Fsp3) is 0.206. The fourth-order valence-corrected chi connectivity index (χ4v) is 7.06. The quantitative estimate of drug-likeness (QED) is 0.180. The Balaban J connectivity index is 1.54. The Morgan fingerprint density at radius 2 is 1.89 bits per heavy atom. The Kier molecular flexibility index (Phi) is 8.37. The maximum absolute atomic E-state index is 14.3. The molecule has 0 spiro atoms. The number of benzene rings is 3. The number of hydrogen-bond donors (Lipinski definition) is 0. The second-order valence-electron chi connectivity index (χ2n) is 10.8. The summed E-state index contributed by atoms with van der Waals surface area (Å²) in [6.45, 7) is 6.01. The minimum absolute atomic E-state index is 0.252. The zero-order valence-electron chi connectivity index (χ0n) is 24.5. The number of carbonyl (C=O) groups is 1. The lowest BCUT2D eigenvalue weighted by molar-refractivity contribution is -0.143. The number of para-hydroxylation sites is 1. The predicted molar refractivity (Wildman–Crippen MR) is 178 cm³/mol. The van der Waals surface area contributed by atoms with Crippen molar-refractivity contribution < 1.29 is 14.3 Å². The average molecular weight is 691 g/mol. The predicted octanol–water partition coefficient (Wildman–Crippen LogP) is 6.61. The third-order valence-electron chi connectivity index (χ3n) is 7.44. The first-order valence-corrected chi connectivity index (χ1v) is 16.0. The van der Waals surface area contributed by atoms with Crippen LogP contribution < -0.4 is 19.6 Å². The molecule has 1 aliphatic heterocycles. The van der Waals surface area contributed by atoms with E-state index in [1.54, 1.807) is 32.4 Å². The van der Waals surface area contributed by atoms with Crippen LogP contribution in [0.3, 0.4) is 0 Å². The SMILES string of the molecule is COc1ccc(Br)cc1[C@H]1C(C(=O)OC(C)C)=C(C)N=c2s/c(=C\c3cn(Cc4ccc(Cl)cc4)c4ccccc34)c(=O)n21. The molecule has 3 heterocycles. The summed E-state index contributed by atoms with van der Waals surface area (Å²) < 4.78 is 16.4. The van der Waals surface area contributed by atoms with Gasteiger partial charge in [-0.25, -0.2) is 9.79 Å². The van der Waals surface area contributed by atoms with Crippen LogP contribution in [-0.4, -0.2) is 28.3 Å². The van der Waals surface area contributed by atoms with Crippen molar-refractivity contribution in [2.75, 3.05) is 7.11 Å². The van der Waals surface area contributed by atoms with Crippen LogP contribution in [0.1, 0.15) is 43.5 Å². The van der Waals surface area contributed by atoms with Crippen molar-refractivity contribution in [3.63, 3.8) is 0 Å². The third-order valence-corrected chi connectivity index (χ3v) is 9.17. The number of hydrogen-bond acceptors (Lipinski definition) is 6. The van der Waals surface area contributed by atoms with E-state index < -0.39 is 12.0 Å². The van der Waals surface area contributed by atoms with Crippen LogP contribution in [0.5, 0.6) is 5.75 Å². The number of nitrogens with zero attached hydrogens (tertiary/aromatic N) is 3. The first-order valence-electron chi connectivity index (χ1n) is 14.0. The van der Waals surface area contributed by atoms with E-state index in [1.807, 2.05) is 60.7 Å². The third kappa shape index (κ3) is 5.67. The highest BCUT2D eigenvalue weighted by molar-refractivity contribution is 9.10. The lowest BCUT2D eigenvalue weighted by Crippen LogP contribution is -2.40. The highest BCUT2D eigenvalue weighted by Gasteiger charge is 2.35. The Labute approximate surface area is 271 Å². The maximum atomic E-state index is 14.3. The fourth-order valence-electron chi connectivity index (χ4n) is 5.52. The van der Waals surface area contributed by atoms with Crippen molar-refractivity contribution >= 4 is 61.8 Å². The average Bonchev–Trinajstić information content (AvgIpc) is 3.49. The summed E-state index contributed by atoms with van der Waals surface area (Å²) >= 11 is 11.0. The summed E-state index contributed by atoms with van der Waals surface area (Å²) in [6, 6.07) is 20.6. The van der Waals surface area contributed by atoms with Crippen LogP contribution in [0.15, 0.2) is 98.5 Å². The van der Waals surface area contributed by atoms with Crippen molar-refractivity contribution in [1.29, 1.82) is 0 Å². The summed E-state index contributed by atoms with van der Waals surface area (Å²) in [5.41, 5.74) is 4.26. The largest absolute Gasteiger partial charge is 0.496 e. The number of carbonyl (C=O) groups excluding carboxylic acids is 1. The Bertz CT molecular complexity index is 2130. The Morgan fingerprint density at radius 1 is 1.14 bits per heavy atom. The Morgan fingerprint density at radius 3 is 2.61 bits per heavy atom. The monoisotopic (exact) mass is 689 g/mol. The molecular weight excluding hydrogens is 662 g/mol. The molecule has 3 aromatic carbocycles. The van der Waals surface area contributed by atoms with Gasteiger partial charge in [-0.3, -0.25) is 9.36 Å². The first-order chi connectivity index (χ1) is 21.1. The van der Waals surface area contributed by atoms with E-state index >= 15 is 0 Å².